The molecule has 6 heteroatoms. The Morgan fingerprint density at radius 2 is 1.94 bits per heavy atom. The molecule has 0 radical (unpaired) electrons. The van der Waals surface area contributed by atoms with Crippen LogP contribution in [0.4, 0.5) is 13.2 Å². The molecule has 0 bridgehead atoms. The van der Waals surface area contributed by atoms with E-state index in [-0.39, 0.29) is 24.8 Å². The molecule has 0 aliphatic heterocycles. The lowest BCUT2D eigenvalue weighted by atomic mass is 10.2. The Hall–Kier alpha value is -0.450. The van der Waals surface area contributed by atoms with Gasteiger partial charge in [-0.2, -0.15) is 13.2 Å². The van der Waals surface area contributed by atoms with Crippen molar-refractivity contribution in [3.63, 3.8) is 0 Å². The summed E-state index contributed by atoms with van der Waals surface area (Å²) in [5.74, 6) is -0.179. The third kappa shape index (κ3) is 7.79. The van der Waals surface area contributed by atoms with E-state index < -0.39 is 18.6 Å². The maximum atomic E-state index is 12.2. The van der Waals surface area contributed by atoms with Crippen LogP contribution < -0.4 is 0 Å². The highest BCUT2D eigenvalue weighted by Gasteiger charge is 2.32. The van der Waals surface area contributed by atoms with E-state index in [1.807, 2.05) is 0 Å². The Morgan fingerprint density at radius 3 is 2.31 bits per heavy atom. The predicted molar refractivity (Wildman–Crippen MR) is 57.4 cm³/mol. The molecule has 0 aliphatic carbocycles. The van der Waals surface area contributed by atoms with Gasteiger partial charge < -0.3 is 4.90 Å². The van der Waals surface area contributed by atoms with Crippen molar-refractivity contribution in [3.8, 4) is 0 Å². The van der Waals surface area contributed by atoms with Crippen molar-refractivity contribution in [2.24, 2.45) is 5.92 Å². The summed E-state index contributed by atoms with van der Waals surface area (Å²) in [6.07, 6.45) is -3.86. The molecule has 0 aromatic rings. The maximum Gasteiger partial charge on any atom is 0.406 e. The highest BCUT2D eigenvalue weighted by molar-refractivity contribution is 6.17. The summed E-state index contributed by atoms with van der Waals surface area (Å²) in [6.45, 7) is 2.50. The number of carbonyl (C=O) groups is 1. The van der Waals surface area contributed by atoms with Crippen molar-refractivity contribution in [2.45, 2.75) is 32.9 Å². The average Bonchev–Trinajstić information content (AvgIpc) is 2.10. The Balaban J connectivity index is 4.35. The van der Waals surface area contributed by atoms with Gasteiger partial charge in [-0.15, -0.1) is 11.6 Å². The molecule has 0 atom stereocenters. The normalized spacial score (nSPS) is 11.9. The molecule has 1 amide bonds. The zero-order valence-corrected chi connectivity index (χ0v) is 10.2. The summed E-state index contributed by atoms with van der Waals surface area (Å²) >= 11 is 5.40. The van der Waals surface area contributed by atoms with E-state index in [2.05, 4.69) is 0 Å². The van der Waals surface area contributed by atoms with Gasteiger partial charge in [0.05, 0.1) is 0 Å². The van der Waals surface area contributed by atoms with Gasteiger partial charge in [-0.25, -0.2) is 0 Å². The Kier molecular flexibility index (Phi) is 6.79. The van der Waals surface area contributed by atoms with Gasteiger partial charge in [-0.05, 0) is 12.3 Å². The lowest BCUT2D eigenvalue weighted by molar-refractivity contribution is -0.162. The maximum absolute atomic E-state index is 12.2. The van der Waals surface area contributed by atoms with E-state index in [4.69, 9.17) is 11.6 Å². The van der Waals surface area contributed by atoms with Gasteiger partial charge in [0.1, 0.15) is 6.54 Å². The molecular formula is C10H17ClF3NO. The largest absolute Gasteiger partial charge is 0.406 e. The minimum Gasteiger partial charge on any atom is -0.333 e. The highest BCUT2D eigenvalue weighted by Crippen LogP contribution is 2.18. The second-order valence-electron chi connectivity index (χ2n) is 4.08. The molecule has 96 valence electrons. The molecule has 0 aliphatic rings. The van der Waals surface area contributed by atoms with Crippen molar-refractivity contribution in [2.75, 3.05) is 19.0 Å². The van der Waals surface area contributed by atoms with Crippen LogP contribution in [0, 0.1) is 5.92 Å². The highest BCUT2D eigenvalue weighted by atomic mass is 35.5. The van der Waals surface area contributed by atoms with Crippen LogP contribution in [-0.4, -0.2) is 36.0 Å². The van der Waals surface area contributed by atoms with Crippen LogP contribution in [0.1, 0.15) is 26.7 Å². The molecule has 2 nitrogen and oxygen atoms in total. The second-order valence-corrected chi connectivity index (χ2v) is 4.45. The molecular weight excluding hydrogens is 243 g/mol. The average molecular weight is 260 g/mol. The predicted octanol–water partition coefficient (Wildman–Crippen LogP) is 3.05. The van der Waals surface area contributed by atoms with Crippen molar-refractivity contribution >= 4 is 17.5 Å². The molecule has 0 saturated heterocycles. The van der Waals surface area contributed by atoms with Crippen LogP contribution in [0.25, 0.3) is 0 Å². The number of hydrogen-bond acceptors (Lipinski definition) is 1. The zero-order valence-electron chi connectivity index (χ0n) is 9.48. The van der Waals surface area contributed by atoms with E-state index in [1.54, 1.807) is 13.8 Å². The molecule has 0 aromatic carbocycles. The zero-order chi connectivity index (χ0) is 12.8. The summed E-state index contributed by atoms with van der Waals surface area (Å²) in [7, 11) is 0. The topological polar surface area (TPSA) is 20.3 Å². The van der Waals surface area contributed by atoms with Gasteiger partial charge in [0.2, 0.25) is 5.91 Å². The minimum absolute atomic E-state index is 0.0160. The number of alkyl halides is 4. The van der Waals surface area contributed by atoms with Crippen molar-refractivity contribution in [3.05, 3.63) is 0 Å². The smallest absolute Gasteiger partial charge is 0.333 e. The van der Waals surface area contributed by atoms with Crippen LogP contribution in [-0.2, 0) is 4.79 Å². The molecule has 16 heavy (non-hydrogen) atoms. The molecule has 0 N–H and O–H groups in total. The van der Waals surface area contributed by atoms with Crippen LogP contribution in [0.15, 0.2) is 0 Å². The fourth-order valence-electron chi connectivity index (χ4n) is 1.29. The Bertz CT molecular complexity index is 219. The molecule has 0 heterocycles. The first-order valence-corrected chi connectivity index (χ1v) is 5.70. The van der Waals surface area contributed by atoms with Crippen molar-refractivity contribution in [1.82, 2.24) is 4.90 Å². The lowest BCUT2D eigenvalue weighted by Gasteiger charge is -2.25. The number of carbonyl (C=O) groups excluding carboxylic acids is 1. The Morgan fingerprint density at radius 1 is 1.38 bits per heavy atom. The SMILES string of the molecule is CC(C)CN(CC(F)(F)F)C(=O)CCCCl. The first-order chi connectivity index (χ1) is 7.26. The summed E-state index contributed by atoms with van der Waals surface area (Å²) < 4.78 is 36.7. The van der Waals surface area contributed by atoms with Crippen molar-refractivity contribution in [1.29, 1.82) is 0 Å². The number of hydrogen-bond donors (Lipinski definition) is 0. The molecule has 0 saturated carbocycles. The quantitative estimate of drug-likeness (QED) is 0.672. The van der Waals surface area contributed by atoms with E-state index in [0.29, 0.717) is 6.42 Å². The molecule has 0 spiro atoms. The van der Waals surface area contributed by atoms with Crippen LogP contribution in [0.2, 0.25) is 0 Å². The molecule has 0 rings (SSSR count). The number of halogens is 4. The third-order valence-corrected chi connectivity index (χ3v) is 2.10. The van der Waals surface area contributed by atoms with Gasteiger partial charge in [0, 0.05) is 18.8 Å². The summed E-state index contributed by atoms with van der Waals surface area (Å²) in [5.41, 5.74) is 0. The number of rotatable bonds is 6. The van der Waals surface area contributed by atoms with Crippen LogP contribution >= 0.6 is 11.6 Å². The fraction of sp³-hybridized carbons (Fsp3) is 0.900. The second kappa shape index (κ2) is 6.99. The summed E-state index contributed by atoms with van der Waals surface area (Å²) in [6, 6.07) is 0. The van der Waals surface area contributed by atoms with Gasteiger partial charge in [0.15, 0.2) is 0 Å². The summed E-state index contributed by atoms with van der Waals surface area (Å²) in [4.78, 5) is 12.3. The number of amides is 1. The molecule has 0 aromatic heterocycles. The van der Waals surface area contributed by atoms with E-state index >= 15 is 0 Å². The van der Waals surface area contributed by atoms with Gasteiger partial charge in [-0.3, -0.25) is 4.79 Å². The monoisotopic (exact) mass is 259 g/mol. The van der Waals surface area contributed by atoms with Gasteiger partial charge in [0.25, 0.3) is 0 Å². The van der Waals surface area contributed by atoms with Crippen LogP contribution in [0.3, 0.4) is 0 Å². The summed E-state index contributed by atoms with van der Waals surface area (Å²) in [5, 5.41) is 0. The van der Waals surface area contributed by atoms with Crippen molar-refractivity contribution < 1.29 is 18.0 Å². The van der Waals surface area contributed by atoms with Gasteiger partial charge in [-0.1, -0.05) is 13.8 Å². The lowest BCUT2D eigenvalue weighted by Crippen LogP contribution is -2.41. The number of nitrogens with zero attached hydrogens (tertiary/aromatic N) is 1. The van der Waals surface area contributed by atoms with Gasteiger partial charge >= 0.3 is 6.18 Å². The third-order valence-electron chi connectivity index (χ3n) is 1.83. The minimum atomic E-state index is -4.34. The van der Waals surface area contributed by atoms with E-state index in [0.717, 1.165) is 4.90 Å². The van der Waals surface area contributed by atoms with Crippen LogP contribution in [0.5, 0.6) is 0 Å². The Labute approximate surface area is 98.7 Å². The standard InChI is InChI=1S/C10H17ClF3NO/c1-8(2)6-15(7-10(12,13)14)9(16)4-3-5-11/h8H,3-7H2,1-2H3. The molecule has 0 unspecified atom stereocenters. The van der Waals surface area contributed by atoms with E-state index in [1.165, 1.54) is 0 Å². The molecule has 0 fully saturated rings. The fourth-order valence-corrected chi connectivity index (χ4v) is 1.42. The first-order valence-electron chi connectivity index (χ1n) is 5.16. The van der Waals surface area contributed by atoms with E-state index in [9.17, 15) is 18.0 Å². The first kappa shape index (κ1) is 15.6.